The summed E-state index contributed by atoms with van der Waals surface area (Å²) in [6.45, 7) is 0. The molecule has 37 heavy (non-hydrogen) atoms. The molecule has 5 nitrogen and oxygen atoms in total. The lowest BCUT2D eigenvalue weighted by atomic mass is 10.3. The minimum atomic E-state index is -3.91. The number of ether oxygens (including phenoxy) is 1. The Bertz CT molecular complexity index is 1880. The summed E-state index contributed by atoms with van der Waals surface area (Å²) >= 11 is 6.00. The third-order valence-corrected chi connectivity index (χ3v) is 5.26. The smallest absolute Gasteiger partial charge is 0.262 e. The lowest BCUT2D eigenvalue weighted by molar-refractivity contribution is 0.522. The van der Waals surface area contributed by atoms with Crippen molar-refractivity contribution in [3.63, 3.8) is 0 Å². The molecule has 0 fully saturated rings. The Balaban J connectivity index is 1.92. The molecule has 0 spiro atoms. The summed E-state index contributed by atoms with van der Waals surface area (Å²) in [6, 6.07) is 10.4. The van der Waals surface area contributed by atoms with E-state index in [1.165, 1.54) is 24.3 Å². The molecule has 7 heteroatoms. The molecule has 0 aliphatic carbocycles. The minimum absolute atomic E-state index is 0.0646. The van der Waals surface area contributed by atoms with Crippen LogP contribution in [0.25, 0.3) is 0 Å². The van der Waals surface area contributed by atoms with E-state index in [-0.39, 0.29) is 27.0 Å². The fourth-order valence-corrected chi connectivity index (χ4v) is 3.44. The first-order valence-electron chi connectivity index (χ1n) is 9.73. The van der Waals surface area contributed by atoms with Crippen molar-refractivity contribution in [2.75, 3.05) is 10.5 Å². The van der Waals surface area contributed by atoms with E-state index in [9.17, 15) is 8.42 Å². The maximum Gasteiger partial charge on any atom is 0.262 e. The van der Waals surface area contributed by atoms with Gasteiger partial charge < -0.3 is 10.5 Å². The van der Waals surface area contributed by atoms with Crippen molar-refractivity contribution in [1.29, 1.82) is 0 Å². The number of hydrogen-bond acceptors (Lipinski definition) is 4. The van der Waals surface area contributed by atoms with Gasteiger partial charge in [0.2, 0.25) is 0 Å². The molecule has 0 amide bonds. The van der Waals surface area contributed by atoms with Crippen molar-refractivity contribution < 1.29 is 13.2 Å². The number of rotatable bonds is 4. The summed E-state index contributed by atoms with van der Waals surface area (Å²) in [5, 5.41) is 0.261. The molecule has 172 valence electrons. The number of nitrogens with two attached hydrogens (primary N) is 1. The SMILES string of the molecule is C#CC#CC#CC#CC#CC#CC#CC#CC#COc1ccc(S(=O)(=O)Nc2ccccc2Cl)cc1N. The summed E-state index contributed by atoms with van der Waals surface area (Å²) < 4.78 is 32.8. The molecular formula is C30H11ClN2O3S. The molecule has 0 saturated carbocycles. The van der Waals surface area contributed by atoms with E-state index in [0.29, 0.717) is 0 Å². The van der Waals surface area contributed by atoms with E-state index in [0.717, 1.165) is 0 Å². The Morgan fingerprint density at radius 1 is 0.757 bits per heavy atom. The Morgan fingerprint density at radius 2 is 1.27 bits per heavy atom. The third-order valence-electron chi connectivity index (χ3n) is 3.57. The Kier molecular flexibility index (Phi) is 11.2. The highest BCUT2D eigenvalue weighted by Crippen LogP contribution is 2.28. The van der Waals surface area contributed by atoms with Crippen molar-refractivity contribution in [2.24, 2.45) is 0 Å². The van der Waals surface area contributed by atoms with Gasteiger partial charge in [0, 0.05) is 47.4 Å². The van der Waals surface area contributed by atoms with Crippen LogP contribution in [0.1, 0.15) is 0 Å². The van der Waals surface area contributed by atoms with Gasteiger partial charge in [0.1, 0.15) is 6.11 Å². The molecule has 2 aromatic carbocycles. The third kappa shape index (κ3) is 10.3. The van der Waals surface area contributed by atoms with Crippen molar-refractivity contribution in [1.82, 2.24) is 0 Å². The van der Waals surface area contributed by atoms with Crippen molar-refractivity contribution in [3.8, 4) is 113 Å². The summed E-state index contributed by atoms with van der Waals surface area (Å²) in [5.41, 5.74) is 6.20. The van der Waals surface area contributed by atoms with Crippen LogP contribution in [-0.2, 0) is 10.0 Å². The number of anilines is 2. The Morgan fingerprint density at radius 3 is 1.78 bits per heavy atom. The second-order valence-corrected chi connectivity index (χ2v) is 8.10. The molecule has 0 aliphatic heterocycles. The van der Waals surface area contributed by atoms with Crippen molar-refractivity contribution in [2.45, 2.75) is 4.90 Å². The average Bonchev–Trinajstić information content (AvgIpc) is 2.88. The van der Waals surface area contributed by atoms with Crippen LogP contribution >= 0.6 is 11.6 Å². The first-order valence-corrected chi connectivity index (χ1v) is 11.6. The van der Waals surface area contributed by atoms with Gasteiger partial charge in [-0.15, -0.1) is 6.42 Å². The molecule has 0 bridgehead atoms. The maximum absolute atomic E-state index is 12.6. The Labute approximate surface area is 221 Å². The van der Waals surface area contributed by atoms with Crippen LogP contribution in [0.3, 0.4) is 0 Å². The second kappa shape index (κ2) is 15.1. The molecule has 3 N–H and O–H groups in total. The van der Waals surface area contributed by atoms with E-state index in [1.54, 1.807) is 18.2 Å². The summed E-state index contributed by atoms with van der Waals surface area (Å²) in [6.07, 6.45) is 7.27. The van der Waals surface area contributed by atoms with Crippen LogP contribution in [0, 0.1) is 107 Å². The monoisotopic (exact) mass is 514 g/mol. The van der Waals surface area contributed by atoms with Crippen LogP contribution in [0.5, 0.6) is 5.75 Å². The standard InChI is InChI=1S/C30H11ClN2O3S/c1-2-3-4-5-6-7-8-9-10-11-12-13-14-15-16-19-24-36-30-23-22-26(25-28(30)32)37(34,35)33-29-21-18-17-20-27(29)31/h1,17-18,20-23,25,33H,32H2. The van der Waals surface area contributed by atoms with Gasteiger partial charge in [0.05, 0.1) is 21.3 Å². The fraction of sp³-hybridized carbons (Fsp3) is 0. The zero-order valence-electron chi connectivity index (χ0n) is 18.7. The normalized spacial score (nSPS) is 7.78. The first-order chi connectivity index (χ1) is 17.9. The topological polar surface area (TPSA) is 81.4 Å². The summed E-state index contributed by atoms with van der Waals surface area (Å²) in [5.74, 6) is 39.0. The predicted octanol–water partition coefficient (Wildman–Crippen LogP) is 2.72. The molecule has 0 aromatic heterocycles. The first kappa shape index (κ1) is 27.4. The lowest BCUT2D eigenvalue weighted by Gasteiger charge is -2.11. The molecular weight excluding hydrogens is 504 g/mol. The summed E-state index contributed by atoms with van der Waals surface area (Å²) in [4.78, 5) is -0.0715. The highest BCUT2D eigenvalue weighted by Gasteiger charge is 2.17. The summed E-state index contributed by atoms with van der Waals surface area (Å²) in [7, 11) is -3.91. The van der Waals surface area contributed by atoms with Gasteiger partial charge >= 0.3 is 0 Å². The van der Waals surface area contributed by atoms with Crippen LogP contribution in [0.4, 0.5) is 11.4 Å². The number of para-hydroxylation sites is 1. The number of benzene rings is 2. The number of hydrogen-bond donors (Lipinski definition) is 2. The van der Waals surface area contributed by atoms with Gasteiger partial charge in [-0.25, -0.2) is 8.42 Å². The van der Waals surface area contributed by atoms with Gasteiger partial charge in [-0.2, -0.15) is 0 Å². The highest BCUT2D eigenvalue weighted by atomic mass is 35.5. The molecule has 0 saturated heterocycles. The van der Waals surface area contributed by atoms with E-state index in [2.05, 4.69) is 106 Å². The molecule has 0 atom stereocenters. The number of nitrogen functional groups attached to an aromatic ring is 1. The molecule has 2 aromatic rings. The average molecular weight is 515 g/mol. The zero-order valence-corrected chi connectivity index (χ0v) is 20.3. The molecule has 0 aliphatic rings. The van der Waals surface area contributed by atoms with E-state index in [4.69, 9.17) is 28.5 Å². The minimum Gasteiger partial charge on any atom is -0.404 e. The van der Waals surface area contributed by atoms with Gasteiger partial charge in [-0.05, 0) is 77.7 Å². The highest BCUT2D eigenvalue weighted by molar-refractivity contribution is 7.92. The molecule has 0 unspecified atom stereocenters. The van der Waals surface area contributed by atoms with Gasteiger partial charge in [-0.3, -0.25) is 4.72 Å². The van der Waals surface area contributed by atoms with Crippen LogP contribution in [-0.4, -0.2) is 8.42 Å². The van der Waals surface area contributed by atoms with E-state index >= 15 is 0 Å². The fourth-order valence-electron chi connectivity index (χ4n) is 2.08. The number of terminal acetylenes is 1. The van der Waals surface area contributed by atoms with Crippen molar-refractivity contribution >= 4 is 33.0 Å². The largest absolute Gasteiger partial charge is 0.404 e. The zero-order chi connectivity index (χ0) is 26.8. The Hall–Kier alpha value is -5.88. The molecule has 2 rings (SSSR count). The lowest BCUT2D eigenvalue weighted by Crippen LogP contribution is -2.13. The number of nitrogens with one attached hydrogen (secondary N) is 1. The quantitative estimate of drug-likeness (QED) is 0.486. The van der Waals surface area contributed by atoms with Gasteiger partial charge in [-0.1, -0.05) is 23.7 Å². The molecule has 0 radical (unpaired) electrons. The van der Waals surface area contributed by atoms with Crippen LogP contribution in [0.15, 0.2) is 47.4 Å². The predicted molar refractivity (Wildman–Crippen MR) is 145 cm³/mol. The number of sulfonamides is 1. The van der Waals surface area contributed by atoms with Crippen LogP contribution < -0.4 is 15.2 Å². The maximum atomic E-state index is 12.6. The van der Waals surface area contributed by atoms with Crippen LogP contribution in [0.2, 0.25) is 5.02 Å². The van der Waals surface area contributed by atoms with E-state index in [1.807, 2.05) is 0 Å². The van der Waals surface area contributed by atoms with Crippen molar-refractivity contribution in [3.05, 3.63) is 47.5 Å². The van der Waals surface area contributed by atoms with Gasteiger partial charge in [0.25, 0.3) is 10.0 Å². The number of halogens is 1. The second-order valence-electron chi connectivity index (χ2n) is 6.01. The molecule has 0 heterocycles. The van der Waals surface area contributed by atoms with E-state index < -0.39 is 10.0 Å². The van der Waals surface area contributed by atoms with Gasteiger partial charge in [0.15, 0.2) is 5.75 Å².